The number of rotatable bonds is 17. The summed E-state index contributed by atoms with van der Waals surface area (Å²) in [6.45, 7) is 8.03. The molecule has 2 aromatic heterocycles. The van der Waals surface area contributed by atoms with Crippen LogP contribution < -0.4 is 10.6 Å². The van der Waals surface area contributed by atoms with E-state index < -0.39 is 54.7 Å². The number of aliphatic hydroxyl groups is 1. The summed E-state index contributed by atoms with van der Waals surface area (Å²) in [5.74, 6) is -1.48. The predicted molar refractivity (Wildman–Crippen MR) is 239 cm³/mol. The highest BCUT2D eigenvalue weighted by molar-refractivity contribution is 5.97. The van der Waals surface area contributed by atoms with Gasteiger partial charge in [-0.25, -0.2) is 24.5 Å². The molecule has 3 heterocycles. The van der Waals surface area contributed by atoms with Gasteiger partial charge in [-0.3, -0.25) is 14.7 Å². The SMILES string of the molecule is CC.CCC(=O)O.C[C@@H](O)[C@H](NC(=O)Nc1ncnc2c1ncn2C1OCC(OCc2ccccc2)C(OCc2ccccc2)C1OCc1ccccc1)C(=O)OCc1ccccc1. The van der Waals surface area contributed by atoms with Crippen LogP contribution in [0.25, 0.3) is 11.2 Å². The fourth-order valence-corrected chi connectivity index (χ4v) is 6.44. The van der Waals surface area contributed by atoms with E-state index in [1.807, 2.05) is 123 Å². The molecule has 6 atom stereocenters. The van der Waals surface area contributed by atoms with Crippen LogP contribution in [0.3, 0.4) is 0 Å². The van der Waals surface area contributed by atoms with Gasteiger partial charge < -0.3 is 39.2 Å². The van der Waals surface area contributed by atoms with Crippen LogP contribution in [0.4, 0.5) is 10.6 Å². The number of imidazole rings is 1. The van der Waals surface area contributed by atoms with Crippen LogP contribution in [0.5, 0.6) is 0 Å². The number of anilines is 1. The largest absolute Gasteiger partial charge is 0.481 e. The second-order valence-electron chi connectivity index (χ2n) is 14.3. The maximum atomic E-state index is 13.3. The fourth-order valence-electron chi connectivity index (χ4n) is 6.44. The summed E-state index contributed by atoms with van der Waals surface area (Å²) < 4.78 is 33.5. The van der Waals surface area contributed by atoms with Crippen LogP contribution >= 0.6 is 0 Å². The Morgan fingerprint density at radius 2 is 1.22 bits per heavy atom. The molecule has 4 unspecified atom stereocenters. The average molecular weight is 877 g/mol. The quantitative estimate of drug-likeness (QED) is 0.0669. The molecule has 4 N–H and O–H groups in total. The number of hydrogen-bond donors (Lipinski definition) is 4. The van der Waals surface area contributed by atoms with E-state index in [0.717, 1.165) is 22.3 Å². The summed E-state index contributed by atoms with van der Waals surface area (Å²) in [6.07, 6.45) is -0.803. The lowest BCUT2D eigenvalue weighted by Gasteiger charge is -2.42. The molecule has 0 saturated carbocycles. The maximum Gasteiger partial charge on any atom is 0.331 e. The minimum Gasteiger partial charge on any atom is -0.481 e. The third-order valence-electron chi connectivity index (χ3n) is 9.69. The molecular weight excluding hydrogens is 821 g/mol. The summed E-state index contributed by atoms with van der Waals surface area (Å²) >= 11 is 0. The zero-order valence-electron chi connectivity index (χ0n) is 36.4. The maximum absolute atomic E-state index is 13.3. The standard InChI is InChI=1S/C43H44N6O8.C3H6O2.C2H6/c1-29(50)35(42(51)57-25-33-20-12-5-13-21-33)47-43(52)48-39-36-40(45-27-44-39)49(28-46-36)41-38(55-24-32-18-10-4-11-19-32)37(54-23-31-16-8-3-9-17-31)34(26-56-41)53-22-30-14-6-2-7-15-30;1-2-3(4)5;1-2/h2-21,27-29,34-35,37-38,41,50H,22-26H2,1H3,(H2,44,45,47,48,52);2H2,1H3,(H,4,5);1-2H3/t29-,34?,35+,37?,38?,41?;;/m1../s1. The number of nitrogens with zero attached hydrogens (tertiary/aromatic N) is 4. The number of nitrogens with one attached hydrogen (secondary N) is 2. The van der Waals surface area contributed by atoms with Gasteiger partial charge in [0.2, 0.25) is 0 Å². The van der Waals surface area contributed by atoms with Crippen molar-refractivity contribution in [2.45, 2.75) is 97.2 Å². The molecule has 0 bridgehead atoms. The van der Waals surface area contributed by atoms with E-state index in [2.05, 4.69) is 25.6 Å². The van der Waals surface area contributed by atoms with Gasteiger partial charge in [0.05, 0.1) is 38.9 Å². The van der Waals surface area contributed by atoms with E-state index in [9.17, 15) is 19.5 Å². The first kappa shape index (κ1) is 48.5. The molecule has 6 aromatic rings. The predicted octanol–water partition coefficient (Wildman–Crippen LogP) is 7.23. The van der Waals surface area contributed by atoms with E-state index in [4.69, 9.17) is 28.8 Å². The van der Waals surface area contributed by atoms with Gasteiger partial charge in [0.1, 0.15) is 31.2 Å². The Morgan fingerprint density at radius 3 is 1.72 bits per heavy atom. The summed E-state index contributed by atoms with van der Waals surface area (Å²) in [6, 6.07) is 36.5. The van der Waals surface area contributed by atoms with E-state index in [-0.39, 0.29) is 37.6 Å². The van der Waals surface area contributed by atoms with E-state index in [1.165, 1.54) is 13.3 Å². The van der Waals surface area contributed by atoms with Gasteiger partial charge in [-0.15, -0.1) is 0 Å². The lowest BCUT2D eigenvalue weighted by atomic mass is 10.0. The van der Waals surface area contributed by atoms with Gasteiger partial charge in [-0.1, -0.05) is 142 Å². The Bertz CT molecular complexity index is 2300. The van der Waals surface area contributed by atoms with Crippen molar-refractivity contribution in [2.24, 2.45) is 0 Å². The van der Waals surface area contributed by atoms with Gasteiger partial charge >= 0.3 is 18.0 Å². The zero-order valence-corrected chi connectivity index (χ0v) is 36.4. The molecule has 2 amide bonds. The first-order valence-electron chi connectivity index (χ1n) is 21.1. The topological polar surface area (TPSA) is 205 Å². The second kappa shape index (κ2) is 25.5. The van der Waals surface area contributed by atoms with Crippen molar-refractivity contribution in [1.82, 2.24) is 24.8 Å². The highest BCUT2D eigenvalue weighted by Crippen LogP contribution is 2.34. The molecule has 4 aromatic carbocycles. The highest BCUT2D eigenvalue weighted by Gasteiger charge is 2.45. The number of carboxylic acids is 1. The number of carbonyl (C=O) groups is 3. The van der Waals surface area contributed by atoms with Gasteiger partial charge in [-0.05, 0) is 29.2 Å². The number of amides is 2. The Hall–Kier alpha value is -6.56. The van der Waals surface area contributed by atoms with Crippen LogP contribution in [0, 0.1) is 0 Å². The van der Waals surface area contributed by atoms with Crippen LogP contribution in [0.15, 0.2) is 134 Å². The summed E-state index contributed by atoms with van der Waals surface area (Å²) in [5.41, 5.74) is 4.31. The molecule has 1 fully saturated rings. The number of benzene rings is 4. The summed E-state index contributed by atoms with van der Waals surface area (Å²) in [7, 11) is 0. The molecule has 7 rings (SSSR count). The number of carboxylic acid groups (broad SMARTS) is 1. The number of aliphatic hydroxyl groups excluding tert-OH is 1. The Morgan fingerprint density at radius 1 is 0.734 bits per heavy atom. The number of carbonyl (C=O) groups excluding carboxylic acids is 2. The minimum atomic E-state index is -1.35. The molecule has 1 aliphatic rings. The van der Waals surface area contributed by atoms with Crippen LogP contribution in [0.2, 0.25) is 0 Å². The van der Waals surface area contributed by atoms with Crippen molar-refractivity contribution in [2.75, 3.05) is 11.9 Å². The first-order valence-corrected chi connectivity index (χ1v) is 21.1. The monoisotopic (exact) mass is 876 g/mol. The van der Waals surface area contributed by atoms with E-state index in [1.54, 1.807) is 30.0 Å². The fraction of sp³-hybridized carbons (Fsp3) is 0.333. The van der Waals surface area contributed by atoms with Gasteiger partial charge in [0, 0.05) is 6.42 Å². The van der Waals surface area contributed by atoms with Crippen molar-refractivity contribution >= 4 is 35.0 Å². The number of aromatic nitrogens is 4. The summed E-state index contributed by atoms with van der Waals surface area (Å²) in [4.78, 5) is 48.9. The number of ether oxygens (including phenoxy) is 5. The molecular formula is C48H56N6O10. The van der Waals surface area contributed by atoms with Crippen LogP contribution in [-0.4, -0.2) is 84.8 Å². The normalized spacial score (nSPS) is 17.6. The Labute approximate surface area is 372 Å². The molecule has 16 heteroatoms. The third kappa shape index (κ3) is 14.2. The number of esters is 1. The minimum absolute atomic E-state index is 0.0203. The molecule has 64 heavy (non-hydrogen) atoms. The molecule has 338 valence electrons. The Kier molecular flexibility index (Phi) is 19.3. The first-order chi connectivity index (χ1) is 31.2. The third-order valence-corrected chi connectivity index (χ3v) is 9.69. The number of fused-ring (bicyclic) bond motifs is 1. The van der Waals surface area contributed by atoms with Crippen LogP contribution in [-0.2, 0) is 59.7 Å². The molecule has 0 radical (unpaired) electrons. The smallest absolute Gasteiger partial charge is 0.331 e. The van der Waals surface area contributed by atoms with Crippen molar-refractivity contribution < 1.29 is 48.3 Å². The molecule has 1 saturated heterocycles. The molecule has 1 aliphatic heterocycles. The van der Waals surface area contributed by atoms with Gasteiger partial charge in [0.25, 0.3) is 0 Å². The lowest BCUT2D eigenvalue weighted by molar-refractivity contribution is -0.255. The van der Waals surface area contributed by atoms with E-state index in [0.29, 0.717) is 18.9 Å². The van der Waals surface area contributed by atoms with Crippen molar-refractivity contribution in [3.05, 3.63) is 156 Å². The number of urea groups is 1. The van der Waals surface area contributed by atoms with E-state index >= 15 is 0 Å². The lowest BCUT2D eigenvalue weighted by Crippen LogP contribution is -2.54. The number of aliphatic carboxylic acids is 1. The summed E-state index contributed by atoms with van der Waals surface area (Å²) in [5, 5.41) is 23.2. The van der Waals surface area contributed by atoms with Gasteiger partial charge in [0.15, 0.2) is 29.3 Å². The molecule has 16 nitrogen and oxygen atoms in total. The number of hydrogen-bond acceptors (Lipinski definition) is 12. The molecule has 0 spiro atoms. The second-order valence-corrected chi connectivity index (χ2v) is 14.3. The van der Waals surface area contributed by atoms with Crippen molar-refractivity contribution in [1.29, 1.82) is 0 Å². The van der Waals surface area contributed by atoms with Gasteiger partial charge in [-0.2, -0.15) is 0 Å². The highest BCUT2D eigenvalue weighted by atomic mass is 16.6. The van der Waals surface area contributed by atoms with Crippen molar-refractivity contribution in [3.63, 3.8) is 0 Å². The average Bonchev–Trinajstić information content (AvgIpc) is 3.77. The Balaban J connectivity index is 0.00000103. The van der Waals surface area contributed by atoms with Crippen molar-refractivity contribution in [3.8, 4) is 0 Å². The zero-order chi connectivity index (χ0) is 45.7. The molecule has 0 aliphatic carbocycles. The van der Waals surface area contributed by atoms with Crippen LogP contribution in [0.1, 0.15) is 62.6 Å².